The smallest absolute Gasteiger partial charge is 0.315 e. The zero-order valence-corrected chi connectivity index (χ0v) is 13.8. The van der Waals surface area contributed by atoms with Crippen LogP contribution in [0.2, 0.25) is 0 Å². The van der Waals surface area contributed by atoms with Crippen LogP contribution in [0.3, 0.4) is 0 Å². The maximum absolute atomic E-state index is 11.6. The SMILES string of the molecule is CNC.NC(=O)N(CC1CCC1)C1CC(c2ccccc2)C1. The minimum atomic E-state index is -0.233. The molecule has 0 saturated heterocycles. The molecule has 0 bridgehead atoms. The molecular weight excluding hydrogens is 274 g/mol. The summed E-state index contributed by atoms with van der Waals surface area (Å²) in [5, 5.41) is 2.75. The molecule has 2 amide bonds. The van der Waals surface area contributed by atoms with Gasteiger partial charge >= 0.3 is 6.03 Å². The van der Waals surface area contributed by atoms with Crippen LogP contribution in [0.4, 0.5) is 4.79 Å². The van der Waals surface area contributed by atoms with Crippen LogP contribution in [0, 0.1) is 5.92 Å². The van der Waals surface area contributed by atoms with Gasteiger partial charge in [-0.15, -0.1) is 0 Å². The van der Waals surface area contributed by atoms with Gasteiger partial charge in [0.05, 0.1) is 0 Å². The molecule has 1 aromatic rings. The van der Waals surface area contributed by atoms with Gasteiger partial charge in [-0.2, -0.15) is 0 Å². The number of benzene rings is 1. The first kappa shape index (κ1) is 16.8. The number of amides is 2. The van der Waals surface area contributed by atoms with Gasteiger partial charge in [0, 0.05) is 12.6 Å². The number of hydrogen-bond acceptors (Lipinski definition) is 2. The maximum atomic E-state index is 11.6. The molecule has 3 N–H and O–H groups in total. The molecule has 2 saturated carbocycles. The molecule has 2 aliphatic carbocycles. The third-order valence-electron chi connectivity index (χ3n) is 4.79. The van der Waals surface area contributed by atoms with Crippen molar-refractivity contribution in [1.29, 1.82) is 0 Å². The standard InChI is InChI=1S/C16H22N2O.C2H7N/c17-16(19)18(11-12-5-4-6-12)15-9-14(10-15)13-7-2-1-3-8-13;1-3-2/h1-3,7-8,12,14-15H,4-6,9-11H2,(H2,17,19);3H,1-2H3. The van der Waals surface area contributed by atoms with Gasteiger partial charge in [-0.1, -0.05) is 36.8 Å². The van der Waals surface area contributed by atoms with Crippen molar-refractivity contribution in [2.75, 3.05) is 20.6 Å². The normalized spacial score (nSPS) is 23.5. The predicted octanol–water partition coefficient (Wildman–Crippen LogP) is 2.95. The molecule has 0 atom stereocenters. The number of rotatable bonds is 4. The molecule has 4 nitrogen and oxygen atoms in total. The second-order valence-electron chi connectivity index (χ2n) is 6.52. The van der Waals surface area contributed by atoms with E-state index in [0.717, 1.165) is 19.4 Å². The van der Waals surface area contributed by atoms with Gasteiger partial charge in [-0.3, -0.25) is 0 Å². The van der Waals surface area contributed by atoms with Gasteiger partial charge in [-0.05, 0) is 57.2 Å². The molecule has 2 aliphatic rings. The summed E-state index contributed by atoms with van der Waals surface area (Å²) in [7, 11) is 3.75. The molecule has 4 heteroatoms. The third-order valence-corrected chi connectivity index (χ3v) is 4.79. The predicted molar refractivity (Wildman–Crippen MR) is 90.8 cm³/mol. The van der Waals surface area contributed by atoms with E-state index in [-0.39, 0.29) is 6.03 Å². The fourth-order valence-electron chi connectivity index (χ4n) is 3.21. The molecule has 0 unspecified atom stereocenters. The highest BCUT2D eigenvalue weighted by Crippen LogP contribution is 2.40. The number of nitrogens with two attached hydrogens (primary N) is 1. The Bertz CT molecular complexity index is 453. The molecule has 0 aromatic heterocycles. The molecule has 3 rings (SSSR count). The quantitative estimate of drug-likeness (QED) is 0.898. The first-order chi connectivity index (χ1) is 10.7. The van der Waals surface area contributed by atoms with Crippen molar-refractivity contribution >= 4 is 6.03 Å². The second-order valence-corrected chi connectivity index (χ2v) is 6.52. The number of carbonyl (C=O) groups is 1. The van der Waals surface area contributed by atoms with Crippen molar-refractivity contribution in [1.82, 2.24) is 10.2 Å². The number of carbonyl (C=O) groups excluding carboxylic acids is 1. The Morgan fingerprint density at radius 2 is 1.82 bits per heavy atom. The van der Waals surface area contributed by atoms with E-state index in [0.29, 0.717) is 17.9 Å². The number of urea groups is 1. The van der Waals surface area contributed by atoms with Crippen LogP contribution in [0.15, 0.2) is 30.3 Å². The number of hydrogen-bond donors (Lipinski definition) is 2. The van der Waals surface area contributed by atoms with Crippen LogP contribution in [0.5, 0.6) is 0 Å². The van der Waals surface area contributed by atoms with Crippen LogP contribution >= 0.6 is 0 Å². The molecule has 1 aromatic carbocycles. The van der Waals surface area contributed by atoms with Crippen LogP contribution < -0.4 is 11.1 Å². The van der Waals surface area contributed by atoms with Crippen molar-refractivity contribution in [2.45, 2.75) is 44.1 Å². The van der Waals surface area contributed by atoms with Gasteiger partial charge in [0.25, 0.3) is 0 Å². The van der Waals surface area contributed by atoms with E-state index in [9.17, 15) is 4.79 Å². The van der Waals surface area contributed by atoms with E-state index in [1.165, 1.54) is 24.8 Å². The summed E-state index contributed by atoms with van der Waals surface area (Å²) in [6.45, 7) is 0.876. The summed E-state index contributed by atoms with van der Waals surface area (Å²) in [6.07, 6.45) is 5.98. The Morgan fingerprint density at radius 1 is 1.23 bits per heavy atom. The Hall–Kier alpha value is -1.55. The lowest BCUT2D eigenvalue weighted by Gasteiger charge is -2.44. The Morgan fingerprint density at radius 3 is 2.27 bits per heavy atom. The maximum Gasteiger partial charge on any atom is 0.315 e. The average Bonchev–Trinajstić information content (AvgIpc) is 2.40. The third kappa shape index (κ3) is 4.23. The zero-order chi connectivity index (χ0) is 15.9. The molecular formula is C18H29N3O. The molecule has 0 radical (unpaired) electrons. The van der Waals surface area contributed by atoms with Crippen molar-refractivity contribution in [3.63, 3.8) is 0 Å². The highest BCUT2D eigenvalue weighted by Gasteiger charge is 2.37. The second kappa shape index (κ2) is 8.18. The van der Waals surface area contributed by atoms with E-state index in [1.807, 2.05) is 25.1 Å². The van der Waals surface area contributed by atoms with Crippen LogP contribution in [-0.2, 0) is 0 Å². The lowest BCUT2D eigenvalue weighted by atomic mass is 9.74. The van der Waals surface area contributed by atoms with Crippen LogP contribution in [0.1, 0.15) is 43.6 Å². The fraction of sp³-hybridized carbons (Fsp3) is 0.611. The fourth-order valence-corrected chi connectivity index (χ4v) is 3.21. The minimum absolute atomic E-state index is 0.233. The lowest BCUT2D eigenvalue weighted by molar-refractivity contribution is 0.101. The van der Waals surface area contributed by atoms with Crippen molar-refractivity contribution in [3.8, 4) is 0 Å². The van der Waals surface area contributed by atoms with E-state index in [4.69, 9.17) is 5.73 Å². The van der Waals surface area contributed by atoms with Crippen molar-refractivity contribution in [2.24, 2.45) is 11.7 Å². The largest absolute Gasteiger partial charge is 0.351 e. The monoisotopic (exact) mass is 303 g/mol. The molecule has 2 fully saturated rings. The van der Waals surface area contributed by atoms with Gasteiger partial charge in [0.15, 0.2) is 0 Å². The van der Waals surface area contributed by atoms with E-state index >= 15 is 0 Å². The first-order valence-electron chi connectivity index (χ1n) is 8.35. The summed E-state index contributed by atoms with van der Waals surface area (Å²) in [4.78, 5) is 13.5. The van der Waals surface area contributed by atoms with E-state index in [1.54, 1.807) is 0 Å². The summed E-state index contributed by atoms with van der Waals surface area (Å²) in [5.74, 6) is 1.30. The molecule has 22 heavy (non-hydrogen) atoms. The summed E-state index contributed by atoms with van der Waals surface area (Å²) >= 11 is 0. The summed E-state index contributed by atoms with van der Waals surface area (Å²) in [5.41, 5.74) is 6.94. The number of nitrogens with zero attached hydrogens (tertiary/aromatic N) is 1. The van der Waals surface area contributed by atoms with Gasteiger partial charge in [0.1, 0.15) is 0 Å². The Balaban J connectivity index is 0.000000545. The Kier molecular flexibility index (Phi) is 6.25. The molecule has 0 heterocycles. The highest BCUT2D eigenvalue weighted by atomic mass is 16.2. The van der Waals surface area contributed by atoms with Crippen molar-refractivity contribution < 1.29 is 4.79 Å². The average molecular weight is 303 g/mol. The Labute approximate surface area is 134 Å². The van der Waals surface area contributed by atoms with Crippen LogP contribution in [0.25, 0.3) is 0 Å². The molecule has 0 aliphatic heterocycles. The van der Waals surface area contributed by atoms with Crippen LogP contribution in [-0.4, -0.2) is 37.6 Å². The first-order valence-corrected chi connectivity index (χ1v) is 8.35. The minimum Gasteiger partial charge on any atom is -0.351 e. The number of primary amides is 1. The van der Waals surface area contributed by atoms with Gasteiger partial charge < -0.3 is 16.0 Å². The van der Waals surface area contributed by atoms with Gasteiger partial charge in [-0.25, -0.2) is 4.79 Å². The summed E-state index contributed by atoms with van der Waals surface area (Å²) in [6, 6.07) is 10.7. The van der Waals surface area contributed by atoms with E-state index < -0.39 is 0 Å². The van der Waals surface area contributed by atoms with Gasteiger partial charge in [0.2, 0.25) is 0 Å². The number of nitrogens with one attached hydrogen (secondary N) is 1. The highest BCUT2D eigenvalue weighted by molar-refractivity contribution is 5.72. The van der Waals surface area contributed by atoms with E-state index in [2.05, 4.69) is 29.6 Å². The lowest BCUT2D eigenvalue weighted by Crippen LogP contribution is -2.51. The molecule has 122 valence electrons. The topological polar surface area (TPSA) is 58.4 Å². The van der Waals surface area contributed by atoms with Crippen molar-refractivity contribution in [3.05, 3.63) is 35.9 Å². The molecule has 0 spiro atoms. The zero-order valence-electron chi connectivity index (χ0n) is 13.8. The summed E-state index contributed by atoms with van der Waals surface area (Å²) < 4.78 is 0.